The van der Waals surface area contributed by atoms with Crippen LogP contribution in [0.25, 0.3) is 10.8 Å². The Morgan fingerprint density at radius 1 is 0.920 bits per heavy atom. The molecule has 0 aliphatic carbocycles. The Hall–Kier alpha value is -2.65. The molecule has 0 saturated heterocycles. The van der Waals surface area contributed by atoms with Crippen molar-refractivity contribution in [3.63, 3.8) is 0 Å². The van der Waals surface area contributed by atoms with E-state index in [2.05, 4.69) is 0 Å². The lowest BCUT2D eigenvalue weighted by Gasteiger charge is -2.23. The zero-order chi connectivity index (χ0) is 17.8. The van der Waals surface area contributed by atoms with Crippen molar-refractivity contribution in [1.82, 2.24) is 4.90 Å². The Morgan fingerprint density at radius 2 is 1.56 bits per heavy atom. The maximum atomic E-state index is 13.2. The predicted octanol–water partition coefficient (Wildman–Crippen LogP) is 4.40. The van der Waals surface area contributed by atoms with Crippen LogP contribution in [0, 0.1) is 0 Å². The summed E-state index contributed by atoms with van der Waals surface area (Å²) in [5.41, 5.74) is 2.03. The molecule has 0 aromatic heterocycles. The van der Waals surface area contributed by atoms with Crippen LogP contribution in [0.5, 0.6) is 0 Å². The van der Waals surface area contributed by atoms with Gasteiger partial charge in [0.05, 0.1) is 5.56 Å². The summed E-state index contributed by atoms with van der Waals surface area (Å²) in [6.45, 7) is 5.22. The van der Waals surface area contributed by atoms with Gasteiger partial charge < -0.3 is 10.0 Å². The number of hydrogen-bond acceptors (Lipinski definition) is 2. The average Bonchev–Trinajstić information content (AvgIpc) is 2.68. The van der Waals surface area contributed by atoms with Crippen molar-refractivity contribution in [2.45, 2.75) is 20.0 Å². The number of aliphatic hydroxyl groups excluding tert-OH is 1. The zero-order valence-electron chi connectivity index (χ0n) is 14.6. The number of fused-ring (bicyclic) bond motifs is 1. The lowest BCUT2D eigenvalue weighted by molar-refractivity contribution is 0.0770. The van der Waals surface area contributed by atoms with E-state index in [1.165, 1.54) is 0 Å². The summed E-state index contributed by atoms with van der Waals surface area (Å²) in [5.74, 6) is -0.0354. The first-order chi connectivity index (χ1) is 12.2. The van der Waals surface area contributed by atoms with Crippen LogP contribution in [0.2, 0.25) is 0 Å². The third kappa shape index (κ3) is 3.28. The van der Waals surface area contributed by atoms with Gasteiger partial charge in [-0.15, -0.1) is 0 Å². The van der Waals surface area contributed by atoms with Gasteiger partial charge in [0.2, 0.25) is 0 Å². The molecule has 0 aliphatic heterocycles. The highest BCUT2D eigenvalue weighted by Crippen LogP contribution is 2.31. The number of amides is 1. The zero-order valence-corrected chi connectivity index (χ0v) is 14.6. The van der Waals surface area contributed by atoms with Gasteiger partial charge in [0.1, 0.15) is 6.10 Å². The van der Waals surface area contributed by atoms with Crippen LogP contribution in [0.1, 0.15) is 41.4 Å². The van der Waals surface area contributed by atoms with E-state index in [0.29, 0.717) is 24.2 Å². The van der Waals surface area contributed by atoms with Crippen molar-refractivity contribution >= 4 is 16.7 Å². The van der Waals surface area contributed by atoms with Gasteiger partial charge in [0, 0.05) is 13.1 Å². The standard InChI is InChI=1S/C22H23NO2/c1-3-23(4-2)22(25)20-18-13-9-8-10-16(18)14-15-19(20)21(24)17-11-6-5-7-12-17/h5-15,21,24H,3-4H2,1-2H3/t21-/m1/s1. The number of hydrogen-bond donors (Lipinski definition) is 1. The van der Waals surface area contributed by atoms with Crippen LogP contribution in [-0.4, -0.2) is 29.0 Å². The van der Waals surface area contributed by atoms with E-state index < -0.39 is 6.10 Å². The van der Waals surface area contributed by atoms with Gasteiger partial charge in [-0.05, 0) is 35.7 Å². The highest BCUT2D eigenvalue weighted by molar-refractivity contribution is 6.08. The van der Waals surface area contributed by atoms with E-state index in [1.54, 1.807) is 4.90 Å². The van der Waals surface area contributed by atoms with Gasteiger partial charge in [-0.2, -0.15) is 0 Å². The molecule has 1 atom stereocenters. The van der Waals surface area contributed by atoms with Crippen LogP contribution in [0.15, 0.2) is 66.7 Å². The number of benzene rings is 3. The second-order valence-corrected chi connectivity index (χ2v) is 6.04. The molecule has 0 fully saturated rings. The molecule has 0 bridgehead atoms. The fourth-order valence-corrected chi connectivity index (χ4v) is 3.24. The molecular formula is C22H23NO2. The monoisotopic (exact) mass is 333 g/mol. The maximum absolute atomic E-state index is 13.2. The van der Waals surface area contributed by atoms with Crippen LogP contribution in [0.4, 0.5) is 0 Å². The van der Waals surface area contributed by atoms with Gasteiger partial charge in [-0.1, -0.05) is 66.7 Å². The van der Waals surface area contributed by atoms with Gasteiger partial charge in [0.15, 0.2) is 0 Å². The van der Waals surface area contributed by atoms with E-state index >= 15 is 0 Å². The van der Waals surface area contributed by atoms with Crippen LogP contribution < -0.4 is 0 Å². The SMILES string of the molecule is CCN(CC)C(=O)c1c([C@H](O)c2ccccc2)ccc2ccccc12. The Morgan fingerprint density at radius 3 is 2.24 bits per heavy atom. The first-order valence-electron chi connectivity index (χ1n) is 8.71. The van der Waals surface area contributed by atoms with E-state index in [1.807, 2.05) is 80.6 Å². The molecule has 3 aromatic carbocycles. The second kappa shape index (κ2) is 7.49. The molecule has 3 aromatic rings. The summed E-state index contributed by atoms with van der Waals surface area (Å²) in [6.07, 6.45) is -0.833. The van der Waals surface area contributed by atoms with Gasteiger partial charge in [-0.25, -0.2) is 0 Å². The molecule has 0 heterocycles. The van der Waals surface area contributed by atoms with Crippen molar-refractivity contribution in [2.24, 2.45) is 0 Å². The summed E-state index contributed by atoms with van der Waals surface area (Å²) < 4.78 is 0. The summed E-state index contributed by atoms with van der Waals surface area (Å²) in [6, 6.07) is 21.1. The van der Waals surface area contributed by atoms with E-state index in [0.717, 1.165) is 16.3 Å². The molecule has 1 N–H and O–H groups in total. The lowest BCUT2D eigenvalue weighted by atomic mass is 9.91. The summed E-state index contributed by atoms with van der Waals surface area (Å²) >= 11 is 0. The van der Waals surface area contributed by atoms with Crippen LogP contribution in [0.3, 0.4) is 0 Å². The predicted molar refractivity (Wildman–Crippen MR) is 102 cm³/mol. The van der Waals surface area contributed by atoms with Crippen molar-refractivity contribution in [3.05, 3.63) is 83.4 Å². The maximum Gasteiger partial charge on any atom is 0.254 e. The van der Waals surface area contributed by atoms with Crippen LogP contribution >= 0.6 is 0 Å². The van der Waals surface area contributed by atoms with E-state index in [4.69, 9.17) is 0 Å². The Balaban J connectivity index is 2.21. The topological polar surface area (TPSA) is 40.5 Å². The number of aliphatic hydroxyl groups is 1. The minimum absolute atomic E-state index is 0.0354. The van der Waals surface area contributed by atoms with Crippen molar-refractivity contribution in [3.8, 4) is 0 Å². The first-order valence-corrected chi connectivity index (χ1v) is 8.71. The first kappa shape index (κ1) is 17.2. The molecule has 0 unspecified atom stereocenters. The van der Waals surface area contributed by atoms with Gasteiger partial charge >= 0.3 is 0 Å². The molecule has 0 saturated carbocycles. The number of nitrogens with zero attached hydrogens (tertiary/aromatic N) is 1. The minimum atomic E-state index is -0.833. The fourth-order valence-electron chi connectivity index (χ4n) is 3.24. The fraction of sp³-hybridized carbons (Fsp3) is 0.227. The molecule has 0 spiro atoms. The smallest absolute Gasteiger partial charge is 0.254 e. The Labute approximate surface area is 148 Å². The molecule has 128 valence electrons. The van der Waals surface area contributed by atoms with Crippen molar-refractivity contribution in [1.29, 1.82) is 0 Å². The normalized spacial score (nSPS) is 12.1. The third-order valence-electron chi connectivity index (χ3n) is 4.64. The molecule has 25 heavy (non-hydrogen) atoms. The molecule has 3 heteroatoms. The van der Waals surface area contributed by atoms with Gasteiger partial charge in [0.25, 0.3) is 5.91 Å². The summed E-state index contributed by atoms with van der Waals surface area (Å²) in [4.78, 5) is 15.0. The summed E-state index contributed by atoms with van der Waals surface area (Å²) in [5, 5.41) is 12.8. The molecular weight excluding hydrogens is 310 g/mol. The quantitative estimate of drug-likeness (QED) is 0.751. The number of carbonyl (C=O) groups is 1. The molecule has 1 amide bonds. The Kier molecular flexibility index (Phi) is 5.15. The van der Waals surface area contributed by atoms with Gasteiger partial charge in [-0.3, -0.25) is 4.79 Å². The third-order valence-corrected chi connectivity index (χ3v) is 4.64. The van der Waals surface area contributed by atoms with E-state index in [-0.39, 0.29) is 5.91 Å². The van der Waals surface area contributed by atoms with Crippen molar-refractivity contribution in [2.75, 3.05) is 13.1 Å². The highest BCUT2D eigenvalue weighted by atomic mass is 16.3. The lowest BCUT2D eigenvalue weighted by Crippen LogP contribution is -2.31. The van der Waals surface area contributed by atoms with Crippen LogP contribution in [-0.2, 0) is 0 Å². The minimum Gasteiger partial charge on any atom is -0.384 e. The Bertz CT molecular complexity index is 870. The summed E-state index contributed by atoms with van der Waals surface area (Å²) in [7, 11) is 0. The van der Waals surface area contributed by atoms with E-state index in [9.17, 15) is 9.90 Å². The molecule has 3 rings (SSSR count). The average molecular weight is 333 g/mol. The number of rotatable bonds is 5. The number of carbonyl (C=O) groups excluding carboxylic acids is 1. The largest absolute Gasteiger partial charge is 0.384 e. The molecule has 3 nitrogen and oxygen atoms in total. The highest BCUT2D eigenvalue weighted by Gasteiger charge is 2.24. The molecule has 0 aliphatic rings. The molecule has 0 radical (unpaired) electrons. The van der Waals surface area contributed by atoms with Crippen molar-refractivity contribution < 1.29 is 9.90 Å². The second-order valence-electron chi connectivity index (χ2n) is 6.04.